The van der Waals surface area contributed by atoms with Gasteiger partial charge in [-0.3, -0.25) is 10.1 Å². The van der Waals surface area contributed by atoms with E-state index in [4.69, 9.17) is 26.2 Å². The Morgan fingerprint density at radius 3 is 2.53 bits per heavy atom. The number of hydrazone groups is 1. The third kappa shape index (κ3) is 3.44. The van der Waals surface area contributed by atoms with Gasteiger partial charge in [0.15, 0.2) is 11.5 Å². The molecule has 0 N–H and O–H groups in total. The van der Waals surface area contributed by atoms with E-state index in [1.807, 2.05) is 18.0 Å². The maximum absolute atomic E-state index is 11.1. The van der Waals surface area contributed by atoms with Crippen LogP contribution in [0, 0.1) is 17.0 Å². The first-order valence-electron chi connectivity index (χ1n) is 10.2. The molecule has 0 saturated carbocycles. The van der Waals surface area contributed by atoms with Gasteiger partial charge in [0.1, 0.15) is 0 Å². The van der Waals surface area contributed by atoms with Gasteiger partial charge in [-0.2, -0.15) is 5.10 Å². The Balaban J connectivity index is 1.61. The zero-order valence-electron chi connectivity index (χ0n) is 17.5. The van der Waals surface area contributed by atoms with E-state index in [-0.39, 0.29) is 11.7 Å². The molecule has 0 radical (unpaired) electrons. The van der Waals surface area contributed by atoms with Crippen LogP contribution >= 0.6 is 11.6 Å². The minimum Gasteiger partial charge on any atom is -0.493 e. The lowest BCUT2D eigenvalue weighted by molar-refractivity contribution is -0.384. The van der Waals surface area contributed by atoms with Crippen molar-refractivity contribution >= 4 is 23.0 Å². The van der Waals surface area contributed by atoms with Gasteiger partial charge in [-0.1, -0.05) is 41.4 Å². The monoisotopic (exact) mass is 449 g/mol. The summed E-state index contributed by atoms with van der Waals surface area (Å²) >= 11 is 6.37. The number of methoxy groups -OCH3 is 1. The average molecular weight is 450 g/mol. The number of hydrogen-bond acceptors (Lipinski definition) is 6. The van der Waals surface area contributed by atoms with Crippen LogP contribution < -0.4 is 9.47 Å². The third-order valence-corrected chi connectivity index (χ3v) is 6.03. The Labute approximate surface area is 190 Å². The molecule has 3 aromatic carbocycles. The van der Waals surface area contributed by atoms with Crippen LogP contribution in [-0.2, 0) is 0 Å². The van der Waals surface area contributed by atoms with Crippen molar-refractivity contribution < 1.29 is 14.4 Å². The Morgan fingerprint density at radius 2 is 1.88 bits per heavy atom. The smallest absolute Gasteiger partial charge is 0.269 e. The van der Waals surface area contributed by atoms with Crippen molar-refractivity contribution in [1.29, 1.82) is 0 Å². The van der Waals surface area contributed by atoms with Gasteiger partial charge in [0.25, 0.3) is 5.69 Å². The summed E-state index contributed by atoms with van der Waals surface area (Å²) in [5, 5.41) is 18.5. The molecule has 0 amide bonds. The van der Waals surface area contributed by atoms with Crippen LogP contribution in [0.5, 0.6) is 11.5 Å². The Kier molecular flexibility index (Phi) is 4.98. The second-order valence-corrected chi connectivity index (χ2v) is 8.29. The molecule has 0 aliphatic carbocycles. The number of nitrogens with zero attached hydrogens (tertiary/aromatic N) is 3. The molecule has 5 rings (SSSR count). The average Bonchev–Trinajstić information content (AvgIpc) is 3.24. The first kappa shape index (κ1) is 20.3. The van der Waals surface area contributed by atoms with Gasteiger partial charge < -0.3 is 9.47 Å². The van der Waals surface area contributed by atoms with Crippen molar-refractivity contribution in [3.63, 3.8) is 0 Å². The van der Waals surface area contributed by atoms with Gasteiger partial charge in [-0.05, 0) is 30.7 Å². The van der Waals surface area contributed by atoms with E-state index in [0.29, 0.717) is 22.9 Å². The molecule has 0 aromatic heterocycles. The Morgan fingerprint density at radius 1 is 1.16 bits per heavy atom. The molecule has 2 aliphatic heterocycles. The first-order chi connectivity index (χ1) is 15.4. The molecule has 0 spiro atoms. The highest BCUT2D eigenvalue weighted by atomic mass is 35.5. The van der Waals surface area contributed by atoms with E-state index in [1.165, 1.54) is 17.7 Å². The predicted octanol–water partition coefficient (Wildman–Crippen LogP) is 5.81. The maximum Gasteiger partial charge on any atom is 0.269 e. The number of hydrogen-bond donors (Lipinski definition) is 0. The molecule has 8 heteroatoms. The number of non-ortho nitro benzene ring substituents is 1. The Hall–Kier alpha value is -3.58. The van der Waals surface area contributed by atoms with Crippen molar-refractivity contribution in [3.05, 3.63) is 98.1 Å². The lowest BCUT2D eigenvalue weighted by Crippen LogP contribution is -2.33. The zero-order chi connectivity index (χ0) is 22.4. The highest BCUT2D eigenvalue weighted by Crippen LogP contribution is 2.51. The fourth-order valence-electron chi connectivity index (χ4n) is 4.18. The molecule has 2 unspecified atom stereocenters. The lowest BCUT2D eigenvalue weighted by Gasteiger charge is -2.38. The number of ether oxygens (including phenoxy) is 2. The van der Waals surface area contributed by atoms with Gasteiger partial charge in [0, 0.05) is 40.8 Å². The highest BCUT2D eigenvalue weighted by molar-refractivity contribution is 6.30. The van der Waals surface area contributed by atoms with Crippen LogP contribution in [0.4, 0.5) is 5.69 Å². The highest BCUT2D eigenvalue weighted by Gasteiger charge is 2.42. The maximum atomic E-state index is 11.1. The minimum absolute atomic E-state index is 0.0242. The molecule has 2 atom stereocenters. The zero-order valence-corrected chi connectivity index (χ0v) is 18.2. The van der Waals surface area contributed by atoms with E-state index in [0.717, 1.165) is 22.4 Å². The summed E-state index contributed by atoms with van der Waals surface area (Å²) in [5.74, 6) is 1.16. The molecule has 2 heterocycles. The van der Waals surface area contributed by atoms with E-state index < -0.39 is 11.2 Å². The second kappa shape index (κ2) is 7.84. The summed E-state index contributed by atoms with van der Waals surface area (Å²) in [5.41, 5.74) is 4.85. The van der Waals surface area contributed by atoms with Crippen LogP contribution in [0.25, 0.3) is 0 Å². The van der Waals surface area contributed by atoms with E-state index in [1.54, 1.807) is 25.3 Å². The number of halogens is 1. The van der Waals surface area contributed by atoms with Crippen molar-refractivity contribution in [2.75, 3.05) is 7.11 Å². The van der Waals surface area contributed by atoms with E-state index in [2.05, 4.69) is 24.3 Å². The molecule has 7 nitrogen and oxygen atoms in total. The van der Waals surface area contributed by atoms with Crippen LogP contribution in [-0.4, -0.2) is 22.8 Å². The molecule has 0 bridgehead atoms. The molecule has 162 valence electrons. The van der Waals surface area contributed by atoms with Gasteiger partial charge in [-0.25, -0.2) is 5.01 Å². The molecule has 0 fully saturated rings. The van der Waals surface area contributed by atoms with Crippen LogP contribution in [0.3, 0.4) is 0 Å². The molecule has 0 saturated heterocycles. The van der Waals surface area contributed by atoms with Gasteiger partial charge in [-0.15, -0.1) is 0 Å². The fourth-order valence-corrected chi connectivity index (χ4v) is 4.39. The third-order valence-electron chi connectivity index (χ3n) is 5.81. The van der Waals surface area contributed by atoms with Gasteiger partial charge in [0.2, 0.25) is 6.23 Å². The second-order valence-electron chi connectivity index (χ2n) is 7.86. The molecular weight excluding hydrogens is 430 g/mol. The number of rotatable bonds is 4. The number of fused-ring (bicyclic) bond motifs is 3. The van der Waals surface area contributed by atoms with Crippen LogP contribution in [0.1, 0.15) is 40.9 Å². The summed E-state index contributed by atoms with van der Waals surface area (Å²) in [4.78, 5) is 10.7. The summed E-state index contributed by atoms with van der Waals surface area (Å²) in [6.45, 7) is 2.05. The van der Waals surface area contributed by atoms with Crippen molar-refractivity contribution in [2.24, 2.45) is 5.10 Å². The quantitative estimate of drug-likeness (QED) is 0.371. The van der Waals surface area contributed by atoms with E-state index in [9.17, 15) is 10.1 Å². The fraction of sp³-hybridized carbons (Fsp3) is 0.208. The normalized spacial score (nSPS) is 19.0. The summed E-state index contributed by atoms with van der Waals surface area (Å²) in [6.07, 6.45) is 0.109. The van der Waals surface area contributed by atoms with Crippen LogP contribution in [0.15, 0.2) is 65.8 Å². The first-order valence-corrected chi connectivity index (χ1v) is 10.5. The molecule has 3 aromatic rings. The Bertz CT molecular complexity index is 1230. The van der Waals surface area contributed by atoms with Crippen molar-refractivity contribution in [2.45, 2.75) is 25.6 Å². The topological polar surface area (TPSA) is 77.2 Å². The van der Waals surface area contributed by atoms with Crippen molar-refractivity contribution in [1.82, 2.24) is 5.01 Å². The SMILES string of the molecule is COc1cc(Cl)cc2c1OC(c1ccc([N+](=O)[O-])cc1)N1N=C(c3ccc(C)cc3)CC21. The molecule has 2 aliphatic rings. The largest absolute Gasteiger partial charge is 0.493 e. The van der Waals surface area contributed by atoms with Crippen LogP contribution in [0.2, 0.25) is 5.02 Å². The summed E-state index contributed by atoms with van der Waals surface area (Å²) < 4.78 is 11.9. The minimum atomic E-state index is -0.564. The molecule has 32 heavy (non-hydrogen) atoms. The predicted molar refractivity (Wildman–Crippen MR) is 121 cm³/mol. The van der Waals surface area contributed by atoms with Gasteiger partial charge >= 0.3 is 0 Å². The number of aryl methyl sites for hydroxylation is 1. The van der Waals surface area contributed by atoms with Crippen molar-refractivity contribution in [3.8, 4) is 11.5 Å². The lowest BCUT2D eigenvalue weighted by atomic mass is 9.95. The number of nitro benzene ring substituents is 1. The van der Waals surface area contributed by atoms with E-state index >= 15 is 0 Å². The standard InChI is InChI=1S/C24H20ClN3O4/c1-14-3-5-15(6-4-14)20-13-21-19-11-17(25)12-22(31-2)23(19)32-24(27(21)26-20)16-7-9-18(10-8-16)28(29)30/h3-12,21,24H,13H2,1-2H3. The summed E-state index contributed by atoms with van der Waals surface area (Å²) in [7, 11) is 1.57. The molecular formula is C24H20ClN3O4. The number of benzene rings is 3. The number of nitro groups is 1. The van der Waals surface area contributed by atoms with Gasteiger partial charge in [0.05, 0.1) is 23.8 Å². The summed E-state index contributed by atoms with van der Waals surface area (Å²) in [6, 6.07) is 18.1.